The van der Waals surface area contributed by atoms with Gasteiger partial charge < -0.3 is 9.47 Å². The van der Waals surface area contributed by atoms with E-state index in [9.17, 15) is 0 Å². The SMILES string of the molecule is Clc1cc(CN2CCCC(Cn3cncn3)C2)cc2c1OCO2. The summed E-state index contributed by atoms with van der Waals surface area (Å²) in [5.41, 5.74) is 1.17. The molecule has 2 aromatic rings. The highest BCUT2D eigenvalue weighted by atomic mass is 35.5. The molecule has 122 valence electrons. The molecule has 1 aromatic heterocycles. The van der Waals surface area contributed by atoms with Crippen molar-refractivity contribution < 1.29 is 9.47 Å². The number of ether oxygens (including phenoxy) is 2. The van der Waals surface area contributed by atoms with Crippen LogP contribution < -0.4 is 9.47 Å². The van der Waals surface area contributed by atoms with Gasteiger partial charge in [-0.15, -0.1) is 0 Å². The smallest absolute Gasteiger partial charge is 0.231 e. The Morgan fingerprint density at radius 3 is 3.13 bits per heavy atom. The summed E-state index contributed by atoms with van der Waals surface area (Å²) in [7, 11) is 0. The van der Waals surface area contributed by atoms with Crippen LogP contribution in [0.4, 0.5) is 0 Å². The van der Waals surface area contributed by atoms with Crippen molar-refractivity contribution in [1.29, 1.82) is 0 Å². The standard InChI is InChI=1S/C16H19ClN4O2/c17-14-4-13(5-15-16(14)23-11-22-15)7-20-3-1-2-12(6-20)8-21-10-18-9-19-21/h4-5,9-10,12H,1-3,6-8,11H2. The van der Waals surface area contributed by atoms with Gasteiger partial charge in [-0.05, 0) is 43.0 Å². The third kappa shape index (κ3) is 3.28. The number of rotatable bonds is 4. The minimum Gasteiger partial charge on any atom is -0.454 e. The topological polar surface area (TPSA) is 52.4 Å². The van der Waals surface area contributed by atoms with Crippen molar-refractivity contribution >= 4 is 11.6 Å². The van der Waals surface area contributed by atoms with Crippen LogP contribution in [0.1, 0.15) is 18.4 Å². The Bertz CT molecular complexity index is 677. The number of fused-ring (bicyclic) bond motifs is 1. The minimum atomic E-state index is 0.252. The predicted molar refractivity (Wildman–Crippen MR) is 85.6 cm³/mol. The van der Waals surface area contributed by atoms with Crippen molar-refractivity contribution in [3.8, 4) is 11.5 Å². The number of nitrogens with zero attached hydrogens (tertiary/aromatic N) is 4. The highest BCUT2D eigenvalue weighted by Crippen LogP contribution is 2.40. The van der Waals surface area contributed by atoms with Gasteiger partial charge in [0.25, 0.3) is 0 Å². The number of piperidine rings is 1. The van der Waals surface area contributed by atoms with Gasteiger partial charge in [-0.3, -0.25) is 9.58 Å². The summed E-state index contributed by atoms with van der Waals surface area (Å²) in [5, 5.41) is 4.84. The van der Waals surface area contributed by atoms with Crippen LogP contribution in [-0.4, -0.2) is 39.5 Å². The lowest BCUT2D eigenvalue weighted by Gasteiger charge is -2.32. The maximum Gasteiger partial charge on any atom is 0.231 e. The highest BCUT2D eigenvalue weighted by Gasteiger charge is 2.23. The zero-order chi connectivity index (χ0) is 15.6. The molecule has 1 atom stereocenters. The number of aromatic nitrogens is 3. The lowest BCUT2D eigenvalue weighted by molar-refractivity contribution is 0.153. The van der Waals surface area contributed by atoms with E-state index in [0.717, 1.165) is 31.9 Å². The third-order valence-electron chi connectivity index (χ3n) is 4.41. The first-order valence-corrected chi connectivity index (χ1v) is 8.28. The Hall–Kier alpha value is -1.79. The van der Waals surface area contributed by atoms with Crippen molar-refractivity contribution in [2.75, 3.05) is 19.9 Å². The maximum absolute atomic E-state index is 6.27. The van der Waals surface area contributed by atoms with Gasteiger partial charge in [-0.2, -0.15) is 5.10 Å². The lowest BCUT2D eigenvalue weighted by atomic mass is 9.97. The molecule has 7 heteroatoms. The van der Waals surface area contributed by atoms with E-state index in [0.29, 0.717) is 16.7 Å². The Labute approximate surface area is 140 Å². The van der Waals surface area contributed by atoms with Crippen LogP contribution in [0.2, 0.25) is 5.02 Å². The van der Waals surface area contributed by atoms with Gasteiger partial charge in [0, 0.05) is 19.6 Å². The average Bonchev–Trinajstić information content (AvgIpc) is 3.19. The summed E-state index contributed by atoms with van der Waals surface area (Å²) in [6.45, 7) is 4.23. The lowest BCUT2D eigenvalue weighted by Crippen LogP contribution is -2.36. The van der Waals surface area contributed by atoms with Crippen LogP contribution in [0.3, 0.4) is 0 Å². The van der Waals surface area contributed by atoms with Crippen molar-refractivity contribution in [1.82, 2.24) is 19.7 Å². The molecule has 23 heavy (non-hydrogen) atoms. The molecule has 0 spiro atoms. The Balaban J connectivity index is 1.41. The van der Waals surface area contributed by atoms with Crippen molar-refractivity contribution in [3.63, 3.8) is 0 Å². The highest BCUT2D eigenvalue weighted by molar-refractivity contribution is 6.32. The van der Waals surface area contributed by atoms with Crippen molar-refractivity contribution in [2.45, 2.75) is 25.9 Å². The van der Waals surface area contributed by atoms with Crippen LogP contribution >= 0.6 is 11.6 Å². The van der Waals surface area contributed by atoms with E-state index in [1.165, 1.54) is 18.4 Å². The molecule has 2 aliphatic heterocycles. The van der Waals surface area contributed by atoms with E-state index in [4.69, 9.17) is 21.1 Å². The number of hydrogen-bond donors (Lipinski definition) is 0. The zero-order valence-electron chi connectivity index (χ0n) is 12.8. The fourth-order valence-electron chi connectivity index (χ4n) is 3.41. The molecule has 2 aliphatic rings. The molecule has 0 amide bonds. The Morgan fingerprint density at radius 1 is 1.30 bits per heavy atom. The average molecular weight is 335 g/mol. The second-order valence-corrected chi connectivity index (χ2v) is 6.58. The molecule has 1 fully saturated rings. The second-order valence-electron chi connectivity index (χ2n) is 6.17. The molecule has 0 saturated carbocycles. The molecule has 6 nitrogen and oxygen atoms in total. The van der Waals surface area contributed by atoms with Crippen LogP contribution in [0.25, 0.3) is 0 Å². The van der Waals surface area contributed by atoms with Crippen LogP contribution in [-0.2, 0) is 13.1 Å². The number of hydrogen-bond acceptors (Lipinski definition) is 5. The van der Waals surface area contributed by atoms with Crippen LogP contribution in [0, 0.1) is 5.92 Å². The first-order chi connectivity index (χ1) is 11.3. The second kappa shape index (κ2) is 6.37. The van der Waals surface area contributed by atoms with E-state index in [2.05, 4.69) is 15.0 Å². The molecular formula is C16H19ClN4O2. The number of halogens is 1. The van der Waals surface area contributed by atoms with Gasteiger partial charge in [0.15, 0.2) is 11.5 Å². The Kier molecular flexibility index (Phi) is 4.10. The first kappa shape index (κ1) is 14.8. The largest absolute Gasteiger partial charge is 0.454 e. The molecule has 0 bridgehead atoms. The zero-order valence-corrected chi connectivity index (χ0v) is 13.6. The molecule has 4 rings (SSSR count). The summed E-state index contributed by atoms with van der Waals surface area (Å²) in [6.07, 6.45) is 5.82. The quantitative estimate of drug-likeness (QED) is 0.860. The van der Waals surface area contributed by atoms with Gasteiger partial charge in [0.1, 0.15) is 12.7 Å². The maximum atomic E-state index is 6.27. The monoisotopic (exact) mass is 334 g/mol. The molecule has 1 aromatic carbocycles. The van der Waals surface area contributed by atoms with Crippen molar-refractivity contribution in [3.05, 3.63) is 35.4 Å². The molecule has 3 heterocycles. The molecular weight excluding hydrogens is 316 g/mol. The van der Waals surface area contributed by atoms with Crippen LogP contribution in [0.15, 0.2) is 24.8 Å². The summed E-state index contributed by atoms with van der Waals surface area (Å²) >= 11 is 6.27. The van der Waals surface area contributed by atoms with E-state index < -0.39 is 0 Å². The number of benzene rings is 1. The van der Waals surface area contributed by atoms with E-state index in [-0.39, 0.29) is 6.79 Å². The fraction of sp³-hybridized carbons (Fsp3) is 0.500. The summed E-state index contributed by atoms with van der Waals surface area (Å²) in [4.78, 5) is 6.49. The molecule has 1 saturated heterocycles. The number of likely N-dealkylation sites (tertiary alicyclic amines) is 1. The van der Waals surface area contributed by atoms with Gasteiger partial charge in [-0.25, -0.2) is 4.98 Å². The Morgan fingerprint density at radius 2 is 2.26 bits per heavy atom. The van der Waals surface area contributed by atoms with Gasteiger partial charge in [0.2, 0.25) is 6.79 Å². The minimum absolute atomic E-state index is 0.252. The van der Waals surface area contributed by atoms with Crippen LogP contribution in [0.5, 0.6) is 11.5 Å². The van der Waals surface area contributed by atoms with Gasteiger partial charge in [-0.1, -0.05) is 11.6 Å². The summed E-state index contributed by atoms with van der Waals surface area (Å²) < 4.78 is 12.7. The normalized spacial score (nSPS) is 20.8. The first-order valence-electron chi connectivity index (χ1n) is 7.91. The third-order valence-corrected chi connectivity index (χ3v) is 4.69. The van der Waals surface area contributed by atoms with Gasteiger partial charge in [0.05, 0.1) is 5.02 Å². The molecule has 1 unspecified atom stereocenters. The summed E-state index contributed by atoms with van der Waals surface area (Å²) in [5.74, 6) is 2.02. The molecule has 0 aliphatic carbocycles. The predicted octanol–water partition coefficient (Wildman–Crippen LogP) is 2.57. The van der Waals surface area contributed by atoms with E-state index in [1.807, 2.05) is 16.8 Å². The van der Waals surface area contributed by atoms with E-state index >= 15 is 0 Å². The fourth-order valence-corrected chi connectivity index (χ4v) is 3.69. The van der Waals surface area contributed by atoms with Gasteiger partial charge >= 0.3 is 0 Å². The summed E-state index contributed by atoms with van der Waals surface area (Å²) in [6, 6.07) is 4.02. The molecule has 0 radical (unpaired) electrons. The molecule has 0 N–H and O–H groups in total. The van der Waals surface area contributed by atoms with E-state index in [1.54, 1.807) is 12.7 Å². The van der Waals surface area contributed by atoms with Crippen molar-refractivity contribution in [2.24, 2.45) is 5.92 Å².